The van der Waals surface area contributed by atoms with Crippen LogP contribution in [0.5, 0.6) is 0 Å². The SMILES string of the molecule is CC(Cl)c1nc2ccc(F)cc2n1C(C)Cn1ccnc1. The van der Waals surface area contributed by atoms with Gasteiger partial charge in [-0.3, -0.25) is 0 Å². The second-order valence-corrected chi connectivity index (χ2v) is 5.85. The van der Waals surface area contributed by atoms with Crippen LogP contribution in [0.15, 0.2) is 36.9 Å². The Morgan fingerprint density at radius 3 is 2.81 bits per heavy atom. The van der Waals surface area contributed by atoms with Gasteiger partial charge in [0.2, 0.25) is 0 Å². The monoisotopic (exact) mass is 306 g/mol. The van der Waals surface area contributed by atoms with Crippen molar-refractivity contribution in [2.45, 2.75) is 31.8 Å². The van der Waals surface area contributed by atoms with E-state index in [2.05, 4.69) is 16.9 Å². The van der Waals surface area contributed by atoms with E-state index >= 15 is 0 Å². The van der Waals surface area contributed by atoms with Crippen molar-refractivity contribution in [1.29, 1.82) is 0 Å². The van der Waals surface area contributed by atoms with E-state index in [9.17, 15) is 4.39 Å². The fourth-order valence-electron chi connectivity index (χ4n) is 2.61. The molecule has 1 aromatic carbocycles. The fourth-order valence-corrected chi connectivity index (χ4v) is 2.76. The fraction of sp³-hybridized carbons (Fsp3) is 0.333. The third-order valence-corrected chi connectivity index (χ3v) is 3.70. The zero-order chi connectivity index (χ0) is 15.0. The largest absolute Gasteiger partial charge is 0.335 e. The van der Waals surface area contributed by atoms with Crippen LogP contribution in [0.1, 0.15) is 31.1 Å². The summed E-state index contributed by atoms with van der Waals surface area (Å²) in [5, 5.41) is -0.245. The summed E-state index contributed by atoms with van der Waals surface area (Å²) in [6.45, 7) is 4.66. The zero-order valence-corrected chi connectivity index (χ0v) is 12.6. The lowest BCUT2D eigenvalue weighted by Gasteiger charge is -2.19. The molecule has 0 bridgehead atoms. The van der Waals surface area contributed by atoms with E-state index in [4.69, 9.17) is 11.6 Å². The van der Waals surface area contributed by atoms with Crippen LogP contribution in [0.3, 0.4) is 0 Å². The van der Waals surface area contributed by atoms with Gasteiger partial charge in [-0.25, -0.2) is 14.4 Å². The van der Waals surface area contributed by atoms with E-state index in [0.717, 1.165) is 23.4 Å². The number of benzene rings is 1. The third-order valence-electron chi connectivity index (χ3n) is 3.51. The smallest absolute Gasteiger partial charge is 0.128 e. The van der Waals surface area contributed by atoms with Crippen molar-refractivity contribution in [1.82, 2.24) is 19.1 Å². The molecular weight excluding hydrogens is 291 g/mol. The molecule has 0 N–H and O–H groups in total. The van der Waals surface area contributed by atoms with E-state index in [1.807, 2.05) is 22.3 Å². The predicted octanol–water partition coefficient (Wildman–Crippen LogP) is 3.93. The number of aromatic nitrogens is 4. The van der Waals surface area contributed by atoms with Crippen LogP contribution in [-0.2, 0) is 6.54 Å². The molecular formula is C15H16ClFN4. The van der Waals surface area contributed by atoms with Gasteiger partial charge in [0.15, 0.2) is 0 Å². The van der Waals surface area contributed by atoms with Crippen molar-refractivity contribution < 1.29 is 4.39 Å². The normalized spacial score (nSPS) is 14.5. The molecule has 21 heavy (non-hydrogen) atoms. The highest BCUT2D eigenvalue weighted by molar-refractivity contribution is 6.20. The molecule has 0 amide bonds. The van der Waals surface area contributed by atoms with Gasteiger partial charge in [0.25, 0.3) is 0 Å². The van der Waals surface area contributed by atoms with Crippen LogP contribution in [0.2, 0.25) is 0 Å². The molecule has 2 atom stereocenters. The first kappa shape index (κ1) is 14.1. The average molecular weight is 307 g/mol. The van der Waals surface area contributed by atoms with E-state index in [0.29, 0.717) is 0 Å². The Bertz CT molecular complexity index is 748. The number of hydrogen-bond acceptors (Lipinski definition) is 2. The van der Waals surface area contributed by atoms with Gasteiger partial charge in [-0.05, 0) is 32.0 Å². The first-order valence-electron chi connectivity index (χ1n) is 6.83. The summed E-state index contributed by atoms with van der Waals surface area (Å²) in [5.41, 5.74) is 1.53. The van der Waals surface area contributed by atoms with Crippen LogP contribution in [0.25, 0.3) is 11.0 Å². The molecule has 2 heterocycles. The highest BCUT2D eigenvalue weighted by Gasteiger charge is 2.19. The van der Waals surface area contributed by atoms with Crippen LogP contribution in [-0.4, -0.2) is 19.1 Å². The van der Waals surface area contributed by atoms with Gasteiger partial charge >= 0.3 is 0 Å². The second kappa shape index (κ2) is 5.48. The molecule has 2 aromatic heterocycles. The second-order valence-electron chi connectivity index (χ2n) is 5.20. The number of rotatable bonds is 4. The molecule has 4 nitrogen and oxygen atoms in total. The van der Waals surface area contributed by atoms with Gasteiger partial charge < -0.3 is 9.13 Å². The van der Waals surface area contributed by atoms with Crippen LogP contribution >= 0.6 is 11.6 Å². The first-order valence-corrected chi connectivity index (χ1v) is 7.27. The quantitative estimate of drug-likeness (QED) is 0.685. The average Bonchev–Trinajstić information content (AvgIpc) is 3.04. The molecule has 3 aromatic rings. The maximum absolute atomic E-state index is 13.6. The van der Waals surface area contributed by atoms with E-state index < -0.39 is 0 Å². The molecule has 0 radical (unpaired) electrons. The molecule has 0 saturated carbocycles. The lowest BCUT2D eigenvalue weighted by Crippen LogP contribution is -2.15. The standard InChI is InChI=1S/C15H16ClFN4/c1-10(8-20-6-5-18-9-20)21-14-7-12(17)3-4-13(14)19-15(21)11(2)16/h3-7,9-11H,8H2,1-2H3. The highest BCUT2D eigenvalue weighted by Crippen LogP contribution is 2.29. The molecule has 0 spiro atoms. The summed E-state index contributed by atoms with van der Waals surface area (Å²) in [7, 11) is 0. The molecule has 0 aliphatic carbocycles. The summed E-state index contributed by atoms with van der Waals surface area (Å²) < 4.78 is 17.6. The van der Waals surface area contributed by atoms with Crippen molar-refractivity contribution in [2.24, 2.45) is 0 Å². The minimum Gasteiger partial charge on any atom is -0.335 e. The number of fused-ring (bicyclic) bond motifs is 1. The molecule has 110 valence electrons. The number of halogens is 2. The van der Waals surface area contributed by atoms with Gasteiger partial charge in [0.05, 0.1) is 28.8 Å². The summed E-state index contributed by atoms with van der Waals surface area (Å²) >= 11 is 6.25. The van der Waals surface area contributed by atoms with Crippen LogP contribution in [0.4, 0.5) is 4.39 Å². The van der Waals surface area contributed by atoms with Crippen molar-refractivity contribution in [3.63, 3.8) is 0 Å². The maximum atomic E-state index is 13.6. The first-order chi connectivity index (χ1) is 10.1. The topological polar surface area (TPSA) is 35.6 Å². The predicted molar refractivity (Wildman–Crippen MR) is 80.9 cm³/mol. The zero-order valence-electron chi connectivity index (χ0n) is 11.9. The van der Waals surface area contributed by atoms with Crippen molar-refractivity contribution in [3.05, 3.63) is 48.6 Å². The summed E-state index contributed by atoms with van der Waals surface area (Å²) in [5.74, 6) is 0.483. The lowest BCUT2D eigenvalue weighted by molar-refractivity contribution is 0.459. The number of imidazole rings is 2. The summed E-state index contributed by atoms with van der Waals surface area (Å²) in [6, 6.07) is 4.70. The van der Waals surface area contributed by atoms with Gasteiger partial charge in [-0.15, -0.1) is 11.6 Å². The van der Waals surface area contributed by atoms with Gasteiger partial charge in [-0.1, -0.05) is 0 Å². The van der Waals surface area contributed by atoms with Crippen molar-refractivity contribution >= 4 is 22.6 Å². The molecule has 0 saturated heterocycles. The number of hydrogen-bond donors (Lipinski definition) is 0. The molecule has 2 unspecified atom stereocenters. The number of alkyl halides is 1. The Hall–Kier alpha value is -1.88. The molecule has 6 heteroatoms. The minimum atomic E-state index is -0.271. The Balaban J connectivity index is 2.09. The van der Waals surface area contributed by atoms with E-state index in [1.165, 1.54) is 12.1 Å². The molecule has 0 aliphatic heterocycles. The Kier molecular flexibility index (Phi) is 3.68. The van der Waals surface area contributed by atoms with Gasteiger partial charge in [0, 0.05) is 18.9 Å². The molecule has 3 rings (SSSR count). The van der Waals surface area contributed by atoms with Crippen molar-refractivity contribution in [3.8, 4) is 0 Å². The van der Waals surface area contributed by atoms with Gasteiger partial charge in [-0.2, -0.15) is 0 Å². The highest BCUT2D eigenvalue weighted by atomic mass is 35.5. The Morgan fingerprint density at radius 2 is 2.14 bits per heavy atom. The van der Waals surface area contributed by atoms with Crippen LogP contribution in [0, 0.1) is 5.82 Å². The molecule has 0 fully saturated rings. The Morgan fingerprint density at radius 1 is 1.33 bits per heavy atom. The maximum Gasteiger partial charge on any atom is 0.128 e. The number of nitrogens with zero attached hydrogens (tertiary/aromatic N) is 4. The molecule has 0 aliphatic rings. The Labute approximate surface area is 127 Å². The summed E-state index contributed by atoms with van der Waals surface area (Å²) in [4.78, 5) is 8.59. The minimum absolute atomic E-state index is 0.0854. The van der Waals surface area contributed by atoms with E-state index in [1.54, 1.807) is 18.6 Å². The van der Waals surface area contributed by atoms with E-state index in [-0.39, 0.29) is 17.2 Å². The van der Waals surface area contributed by atoms with Crippen molar-refractivity contribution in [2.75, 3.05) is 0 Å². The van der Waals surface area contributed by atoms with Gasteiger partial charge in [0.1, 0.15) is 11.6 Å². The lowest BCUT2D eigenvalue weighted by atomic mass is 10.2. The third kappa shape index (κ3) is 2.65. The summed E-state index contributed by atoms with van der Waals surface area (Å²) in [6.07, 6.45) is 5.41. The van der Waals surface area contributed by atoms with Crippen LogP contribution < -0.4 is 0 Å².